The highest BCUT2D eigenvalue weighted by Gasteiger charge is 2.20. The van der Waals surface area contributed by atoms with Gasteiger partial charge in [-0.2, -0.15) is 5.10 Å². The first-order valence-electron chi connectivity index (χ1n) is 10.5. The van der Waals surface area contributed by atoms with Crippen LogP contribution in [0.5, 0.6) is 0 Å². The lowest BCUT2D eigenvalue weighted by Crippen LogP contribution is -2.27. The second kappa shape index (κ2) is 9.78. The molecular formula is C27H23N3O3. The van der Waals surface area contributed by atoms with Crippen LogP contribution in [-0.2, 0) is 11.3 Å². The van der Waals surface area contributed by atoms with Crippen molar-refractivity contribution >= 4 is 18.0 Å². The molecule has 0 spiro atoms. The lowest BCUT2D eigenvalue weighted by molar-refractivity contribution is -0.132. The van der Waals surface area contributed by atoms with Crippen LogP contribution in [0.4, 0.5) is 0 Å². The molecule has 0 unspecified atom stereocenters. The molecule has 0 bridgehead atoms. The molecular weight excluding hydrogens is 414 g/mol. The van der Waals surface area contributed by atoms with Crippen molar-refractivity contribution in [3.63, 3.8) is 0 Å². The number of nitrogens with one attached hydrogen (secondary N) is 1. The Balaban J connectivity index is 1.79. The van der Waals surface area contributed by atoms with Crippen LogP contribution in [0, 0.1) is 6.92 Å². The Kier molecular flexibility index (Phi) is 6.45. The molecule has 1 heterocycles. The van der Waals surface area contributed by atoms with Crippen LogP contribution in [-0.4, -0.2) is 26.8 Å². The molecule has 1 aromatic heterocycles. The predicted octanol–water partition coefficient (Wildman–Crippen LogP) is 4.76. The standard InChI is InChI=1S/C27H23N3O3/c1-19-23(17-24(27(32)33)28-26(31)22-15-9-4-10-16-22)25(21-13-7-3-8-14-21)30(29-19)18-20-11-5-2-6-12-20/h2-17H,18H2,1H3,(H,28,31)(H,32,33)/b24-17+. The number of aryl methyl sites for hydroxylation is 1. The summed E-state index contributed by atoms with van der Waals surface area (Å²) in [7, 11) is 0. The Bertz CT molecular complexity index is 1290. The van der Waals surface area contributed by atoms with Crippen molar-refractivity contribution in [1.82, 2.24) is 15.1 Å². The summed E-state index contributed by atoms with van der Waals surface area (Å²) in [4.78, 5) is 24.6. The van der Waals surface area contributed by atoms with Crippen LogP contribution in [0.15, 0.2) is 96.7 Å². The highest BCUT2D eigenvalue weighted by molar-refractivity contribution is 6.03. The van der Waals surface area contributed by atoms with Gasteiger partial charge in [0.2, 0.25) is 0 Å². The summed E-state index contributed by atoms with van der Waals surface area (Å²) in [6.45, 7) is 2.36. The first-order chi connectivity index (χ1) is 16.0. The molecule has 4 rings (SSSR count). The molecule has 4 aromatic rings. The van der Waals surface area contributed by atoms with Crippen LogP contribution in [0.3, 0.4) is 0 Å². The van der Waals surface area contributed by atoms with Gasteiger partial charge < -0.3 is 10.4 Å². The first-order valence-corrected chi connectivity index (χ1v) is 10.5. The zero-order chi connectivity index (χ0) is 23.2. The zero-order valence-corrected chi connectivity index (χ0v) is 18.1. The lowest BCUT2D eigenvalue weighted by atomic mass is 10.0. The van der Waals surface area contributed by atoms with E-state index >= 15 is 0 Å². The van der Waals surface area contributed by atoms with Crippen LogP contribution in [0.1, 0.15) is 27.2 Å². The van der Waals surface area contributed by atoms with Crippen molar-refractivity contribution in [2.75, 3.05) is 0 Å². The summed E-state index contributed by atoms with van der Waals surface area (Å²) in [6.07, 6.45) is 1.48. The number of carbonyl (C=O) groups is 2. The Hall–Kier alpha value is -4.45. The fraction of sp³-hybridized carbons (Fsp3) is 0.0741. The highest BCUT2D eigenvalue weighted by Crippen LogP contribution is 2.29. The van der Waals surface area contributed by atoms with Gasteiger partial charge in [-0.15, -0.1) is 0 Å². The fourth-order valence-electron chi connectivity index (χ4n) is 3.62. The van der Waals surface area contributed by atoms with Crippen LogP contribution >= 0.6 is 0 Å². The molecule has 0 aliphatic carbocycles. The van der Waals surface area contributed by atoms with Gasteiger partial charge in [0.15, 0.2) is 0 Å². The van der Waals surface area contributed by atoms with Gasteiger partial charge in [-0.05, 0) is 30.7 Å². The van der Waals surface area contributed by atoms with E-state index in [1.54, 1.807) is 30.3 Å². The molecule has 0 aliphatic rings. The molecule has 6 nitrogen and oxygen atoms in total. The summed E-state index contributed by atoms with van der Waals surface area (Å²) in [5, 5.41) is 17.0. The van der Waals surface area contributed by atoms with Crippen LogP contribution in [0.25, 0.3) is 17.3 Å². The predicted molar refractivity (Wildman–Crippen MR) is 127 cm³/mol. The molecule has 0 fully saturated rings. The minimum atomic E-state index is -1.23. The van der Waals surface area contributed by atoms with E-state index in [1.165, 1.54) is 6.08 Å². The van der Waals surface area contributed by atoms with Gasteiger partial charge in [-0.3, -0.25) is 9.48 Å². The number of nitrogens with zero attached hydrogens (tertiary/aromatic N) is 2. The van der Waals surface area contributed by atoms with Crippen molar-refractivity contribution in [3.05, 3.63) is 119 Å². The SMILES string of the molecule is Cc1nn(Cc2ccccc2)c(-c2ccccc2)c1/C=C(/NC(=O)c1ccccc1)C(=O)O. The Morgan fingerprint density at radius 3 is 2.09 bits per heavy atom. The number of aliphatic carboxylic acids is 1. The van der Waals surface area contributed by atoms with E-state index in [0.717, 1.165) is 16.8 Å². The Morgan fingerprint density at radius 2 is 1.48 bits per heavy atom. The van der Waals surface area contributed by atoms with E-state index in [9.17, 15) is 14.7 Å². The number of benzene rings is 3. The molecule has 0 radical (unpaired) electrons. The molecule has 0 aliphatic heterocycles. The zero-order valence-electron chi connectivity index (χ0n) is 18.1. The monoisotopic (exact) mass is 437 g/mol. The summed E-state index contributed by atoms with van der Waals surface area (Å²) in [5.74, 6) is -1.71. The Morgan fingerprint density at radius 1 is 0.909 bits per heavy atom. The van der Waals surface area contributed by atoms with Gasteiger partial charge in [-0.1, -0.05) is 78.9 Å². The number of hydrogen-bond acceptors (Lipinski definition) is 3. The van der Waals surface area contributed by atoms with Crippen molar-refractivity contribution in [2.24, 2.45) is 0 Å². The summed E-state index contributed by atoms with van der Waals surface area (Å²) < 4.78 is 1.87. The van der Waals surface area contributed by atoms with Gasteiger partial charge in [0.1, 0.15) is 5.70 Å². The van der Waals surface area contributed by atoms with Crippen LogP contribution in [0.2, 0.25) is 0 Å². The number of carboxylic acids is 1. The number of carboxylic acid groups (broad SMARTS) is 1. The average Bonchev–Trinajstić information content (AvgIpc) is 3.14. The topological polar surface area (TPSA) is 84.2 Å². The number of aromatic nitrogens is 2. The lowest BCUT2D eigenvalue weighted by Gasteiger charge is -2.10. The molecule has 2 N–H and O–H groups in total. The van der Waals surface area contributed by atoms with E-state index in [-0.39, 0.29) is 5.70 Å². The number of amides is 1. The van der Waals surface area contributed by atoms with Gasteiger partial charge in [0, 0.05) is 16.7 Å². The third kappa shape index (κ3) is 5.07. The van der Waals surface area contributed by atoms with Gasteiger partial charge in [0.25, 0.3) is 5.91 Å². The Labute approximate surface area is 191 Å². The van der Waals surface area contributed by atoms with Crippen molar-refractivity contribution < 1.29 is 14.7 Å². The van der Waals surface area contributed by atoms with Crippen molar-refractivity contribution in [1.29, 1.82) is 0 Å². The molecule has 164 valence electrons. The summed E-state index contributed by atoms with van der Waals surface area (Å²) in [6, 6.07) is 28.1. The van der Waals surface area contributed by atoms with Gasteiger partial charge >= 0.3 is 5.97 Å². The smallest absolute Gasteiger partial charge is 0.352 e. The molecule has 0 saturated heterocycles. The largest absolute Gasteiger partial charge is 0.477 e. The van der Waals surface area contributed by atoms with Crippen LogP contribution < -0.4 is 5.32 Å². The van der Waals surface area contributed by atoms with E-state index in [0.29, 0.717) is 23.4 Å². The summed E-state index contributed by atoms with van der Waals surface area (Å²) in [5.41, 5.74) is 4.22. The normalized spacial score (nSPS) is 11.2. The molecule has 3 aromatic carbocycles. The molecule has 0 atom stereocenters. The third-order valence-electron chi connectivity index (χ3n) is 5.20. The molecule has 6 heteroatoms. The number of rotatable bonds is 7. The van der Waals surface area contributed by atoms with E-state index in [2.05, 4.69) is 5.32 Å². The maximum atomic E-state index is 12.6. The minimum Gasteiger partial charge on any atom is -0.477 e. The second-order valence-corrected chi connectivity index (χ2v) is 7.54. The fourth-order valence-corrected chi connectivity index (χ4v) is 3.62. The molecule has 1 amide bonds. The minimum absolute atomic E-state index is 0.219. The molecule has 0 saturated carbocycles. The van der Waals surface area contributed by atoms with Crippen molar-refractivity contribution in [3.8, 4) is 11.3 Å². The molecule has 33 heavy (non-hydrogen) atoms. The second-order valence-electron chi connectivity index (χ2n) is 7.54. The van der Waals surface area contributed by atoms with E-state index in [1.807, 2.05) is 72.3 Å². The van der Waals surface area contributed by atoms with Gasteiger partial charge in [0.05, 0.1) is 17.9 Å². The maximum absolute atomic E-state index is 12.6. The summed E-state index contributed by atoms with van der Waals surface area (Å²) >= 11 is 0. The average molecular weight is 437 g/mol. The number of hydrogen-bond donors (Lipinski definition) is 2. The van der Waals surface area contributed by atoms with Crippen molar-refractivity contribution in [2.45, 2.75) is 13.5 Å². The quantitative estimate of drug-likeness (QED) is 0.408. The maximum Gasteiger partial charge on any atom is 0.352 e. The van der Waals surface area contributed by atoms with Gasteiger partial charge in [-0.25, -0.2) is 4.79 Å². The number of carbonyl (C=O) groups excluding carboxylic acids is 1. The van der Waals surface area contributed by atoms with E-state index in [4.69, 9.17) is 5.10 Å². The first kappa shape index (κ1) is 21.8. The van der Waals surface area contributed by atoms with E-state index < -0.39 is 11.9 Å². The highest BCUT2D eigenvalue weighted by atomic mass is 16.4. The third-order valence-corrected chi connectivity index (χ3v) is 5.20.